The van der Waals surface area contributed by atoms with E-state index in [1.54, 1.807) is 18.2 Å². The topological polar surface area (TPSA) is 71.5 Å². The Morgan fingerprint density at radius 2 is 1.97 bits per heavy atom. The molecule has 1 aliphatic rings. The molecule has 1 aromatic heterocycles. The van der Waals surface area contributed by atoms with Crippen molar-refractivity contribution >= 4 is 34.0 Å². The van der Waals surface area contributed by atoms with E-state index in [-0.39, 0.29) is 11.8 Å². The van der Waals surface area contributed by atoms with Crippen LogP contribution in [0.25, 0.3) is 0 Å². The third-order valence-electron chi connectivity index (χ3n) is 5.37. The largest absolute Gasteiger partial charge is 0.496 e. The summed E-state index contributed by atoms with van der Waals surface area (Å²) < 4.78 is 5.59. The second-order valence-electron chi connectivity index (χ2n) is 7.26. The molecule has 6 nitrogen and oxygen atoms in total. The number of rotatable bonds is 5. The fourth-order valence-electron chi connectivity index (χ4n) is 3.93. The Balaban J connectivity index is 1.79. The minimum atomic E-state index is -0.481. The second kappa shape index (κ2) is 8.67. The number of amides is 2. The van der Waals surface area contributed by atoms with E-state index in [4.69, 9.17) is 4.74 Å². The van der Waals surface area contributed by atoms with Gasteiger partial charge in [-0.3, -0.25) is 9.59 Å². The number of thiazole rings is 1. The maximum atomic E-state index is 13.3. The molecule has 0 bridgehead atoms. The zero-order valence-corrected chi connectivity index (χ0v) is 17.7. The van der Waals surface area contributed by atoms with Gasteiger partial charge in [0.15, 0.2) is 5.13 Å². The number of aryl methyl sites for hydroxylation is 1. The number of para-hydroxylation sites is 1. The number of carbonyl (C=O) groups is 2. The lowest BCUT2D eigenvalue weighted by atomic mass is 9.82. The predicted molar refractivity (Wildman–Crippen MR) is 118 cm³/mol. The van der Waals surface area contributed by atoms with Crippen molar-refractivity contribution in [1.29, 1.82) is 0 Å². The summed E-state index contributed by atoms with van der Waals surface area (Å²) in [6, 6.07) is 14.9. The number of benzene rings is 2. The molecule has 0 aliphatic carbocycles. The molecule has 0 spiro atoms. The van der Waals surface area contributed by atoms with Crippen molar-refractivity contribution in [2.75, 3.05) is 17.3 Å². The molecule has 2 amide bonds. The van der Waals surface area contributed by atoms with Crippen molar-refractivity contribution in [3.05, 3.63) is 71.2 Å². The summed E-state index contributed by atoms with van der Waals surface area (Å²) in [6.07, 6.45) is 2.41. The average Bonchev–Trinajstić information content (AvgIpc) is 3.27. The van der Waals surface area contributed by atoms with Crippen LogP contribution in [0.2, 0.25) is 0 Å². The first-order chi connectivity index (χ1) is 14.6. The van der Waals surface area contributed by atoms with Gasteiger partial charge in [0.1, 0.15) is 5.75 Å². The number of carbonyl (C=O) groups excluding carboxylic acids is 2. The van der Waals surface area contributed by atoms with Crippen molar-refractivity contribution in [3.8, 4) is 5.75 Å². The SMILES string of the molecule is COc1ccccc1C1C(C(=O)Nc2nccs2)CCC(=O)N1c1ccc(C)cc1. The first-order valence-corrected chi connectivity index (χ1v) is 10.7. The first kappa shape index (κ1) is 20.1. The van der Waals surface area contributed by atoms with E-state index in [9.17, 15) is 9.59 Å². The van der Waals surface area contributed by atoms with Crippen LogP contribution in [-0.4, -0.2) is 23.9 Å². The van der Waals surface area contributed by atoms with Gasteiger partial charge in [0.05, 0.1) is 19.1 Å². The molecule has 7 heteroatoms. The lowest BCUT2D eigenvalue weighted by Crippen LogP contribution is -2.47. The van der Waals surface area contributed by atoms with Gasteiger partial charge in [0.2, 0.25) is 11.8 Å². The summed E-state index contributed by atoms with van der Waals surface area (Å²) in [5.74, 6) is 0.0593. The van der Waals surface area contributed by atoms with Crippen molar-refractivity contribution in [3.63, 3.8) is 0 Å². The molecule has 154 valence electrons. The highest BCUT2D eigenvalue weighted by atomic mass is 32.1. The fourth-order valence-corrected chi connectivity index (χ4v) is 4.46. The number of hydrogen-bond donors (Lipinski definition) is 1. The summed E-state index contributed by atoms with van der Waals surface area (Å²) in [6.45, 7) is 2.00. The maximum Gasteiger partial charge on any atom is 0.231 e. The summed E-state index contributed by atoms with van der Waals surface area (Å²) in [5.41, 5.74) is 2.69. The Morgan fingerprint density at radius 1 is 1.20 bits per heavy atom. The van der Waals surface area contributed by atoms with Crippen LogP contribution >= 0.6 is 11.3 Å². The normalized spacial score (nSPS) is 18.9. The van der Waals surface area contributed by atoms with E-state index in [1.807, 2.05) is 60.8 Å². The molecule has 1 N–H and O–H groups in total. The minimum Gasteiger partial charge on any atom is -0.496 e. The minimum absolute atomic E-state index is 0.00643. The summed E-state index contributed by atoms with van der Waals surface area (Å²) in [7, 11) is 1.60. The van der Waals surface area contributed by atoms with Crippen LogP contribution in [0.4, 0.5) is 10.8 Å². The molecule has 2 atom stereocenters. The van der Waals surface area contributed by atoms with Crippen LogP contribution in [0.1, 0.15) is 30.0 Å². The molecule has 1 aliphatic heterocycles. The Kier molecular flexibility index (Phi) is 5.81. The second-order valence-corrected chi connectivity index (χ2v) is 8.15. The zero-order chi connectivity index (χ0) is 21.1. The molecule has 1 saturated heterocycles. The number of nitrogens with zero attached hydrogens (tertiary/aromatic N) is 2. The highest BCUT2D eigenvalue weighted by Crippen LogP contribution is 2.43. The zero-order valence-electron chi connectivity index (χ0n) is 16.9. The Bertz CT molecular complexity index is 1030. The van der Waals surface area contributed by atoms with Crippen LogP contribution < -0.4 is 15.0 Å². The van der Waals surface area contributed by atoms with Gasteiger partial charge in [0.25, 0.3) is 0 Å². The van der Waals surface area contributed by atoms with Crippen LogP contribution in [0.5, 0.6) is 5.75 Å². The Hall–Kier alpha value is -3.19. The fraction of sp³-hybridized carbons (Fsp3) is 0.261. The molecule has 3 aromatic rings. The lowest BCUT2D eigenvalue weighted by molar-refractivity contribution is -0.125. The average molecular weight is 422 g/mol. The number of aromatic nitrogens is 1. The molecule has 0 saturated carbocycles. The van der Waals surface area contributed by atoms with Crippen molar-refractivity contribution in [2.24, 2.45) is 5.92 Å². The van der Waals surface area contributed by atoms with E-state index >= 15 is 0 Å². The van der Waals surface area contributed by atoms with E-state index in [0.29, 0.717) is 23.7 Å². The summed E-state index contributed by atoms with van der Waals surface area (Å²) in [4.78, 5) is 32.3. The van der Waals surface area contributed by atoms with Gasteiger partial charge in [-0.15, -0.1) is 11.3 Å². The van der Waals surface area contributed by atoms with Crippen LogP contribution in [0.15, 0.2) is 60.1 Å². The molecule has 30 heavy (non-hydrogen) atoms. The monoisotopic (exact) mass is 421 g/mol. The number of anilines is 2. The van der Waals surface area contributed by atoms with Crippen LogP contribution in [0.3, 0.4) is 0 Å². The Labute approximate surface area is 179 Å². The molecular weight excluding hydrogens is 398 g/mol. The van der Waals surface area contributed by atoms with Gasteiger partial charge >= 0.3 is 0 Å². The predicted octanol–water partition coefficient (Wildman–Crippen LogP) is 4.58. The van der Waals surface area contributed by atoms with Gasteiger partial charge in [-0.1, -0.05) is 35.9 Å². The molecule has 2 unspecified atom stereocenters. The van der Waals surface area contributed by atoms with Gasteiger partial charge < -0.3 is 15.0 Å². The standard InChI is InChI=1S/C23H23N3O3S/c1-15-7-9-16(10-8-15)26-20(27)12-11-18(22(28)25-23-24-13-14-30-23)21(26)17-5-3-4-6-19(17)29-2/h3-10,13-14,18,21H,11-12H2,1-2H3,(H,24,25,28). The summed E-state index contributed by atoms with van der Waals surface area (Å²) >= 11 is 1.37. The van der Waals surface area contributed by atoms with E-state index in [2.05, 4.69) is 10.3 Å². The van der Waals surface area contributed by atoms with E-state index < -0.39 is 12.0 Å². The molecule has 4 rings (SSSR count). The van der Waals surface area contributed by atoms with E-state index in [1.165, 1.54) is 11.3 Å². The van der Waals surface area contributed by atoms with Crippen LogP contribution in [-0.2, 0) is 9.59 Å². The quantitative estimate of drug-likeness (QED) is 0.654. The van der Waals surface area contributed by atoms with Crippen LogP contribution in [0, 0.1) is 12.8 Å². The molecule has 1 fully saturated rings. The molecule has 2 heterocycles. The molecule has 2 aromatic carbocycles. The van der Waals surface area contributed by atoms with Crippen molar-refractivity contribution < 1.29 is 14.3 Å². The highest BCUT2D eigenvalue weighted by molar-refractivity contribution is 7.13. The van der Waals surface area contributed by atoms with Gasteiger partial charge in [0, 0.05) is 29.2 Å². The number of hydrogen-bond acceptors (Lipinski definition) is 5. The van der Waals surface area contributed by atoms with Crippen molar-refractivity contribution in [1.82, 2.24) is 4.98 Å². The highest BCUT2D eigenvalue weighted by Gasteiger charge is 2.42. The number of ether oxygens (including phenoxy) is 1. The van der Waals surface area contributed by atoms with Gasteiger partial charge in [-0.2, -0.15) is 0 Å². The molecular formula is C23H23N3O3S. The number of nitrogens with one attached hydrogen (secondary N) is 1. The van der Waals surface area contributed by atoms with Crippen molar-refractivity contribution in [2.45, 2.75) is 25.8 Å². The lowest BCUT2D eigenvalue weighted by Gasteiger charge is -2.41. The van der Waals surface area contributed by atoms with Gasteiger partial charge in [-0.05, 0) is 31.5 Å². The smallest absolute Gasteiger partial charge is 0.231 e. The first-order valence-electron chi connectivity index (χ1n) is 9.80. The number of methoxy groups -OCH3 is 1. The number of piperidine rings is 1. The summed E-state index contributed by atoms with van der Waals surface area (Å²) in [5, 5.41) is 5.28. The third-order valence-corrected chi connectivity index (χ3v) is 6.05. The third kappa shape index (κ3) is 3.93. The van der Waals surface area contributed by atoms with Gasteiger partial charge in [-0.25, -0.2) is 4.98 Å². The van der Waals surface area contributed by atoms with E-state index in [0.717, 1.165) is 16.8 Å². The molecule has 0 radical (unpaired) electrons. The Morgan fingerprint density at radius 3 is 2.67 bits per heavy atom. The maximum absolute atomic E-state index is 13.3.